The zero-order valence-electron chi connectivity index (χ0n) is 10.5. The summed E-state index contributed by atoms with van der Waals surface area (Å²) in [6, 6.07) is 17.3. The number of nitrogens with zero attached hydrogens (tertiary/aromatic N) is 2. The summed E-state index contributed by atoms with van der Waals surface area (Å²) in [5.41, 5.74) is 2.52. The molecule has 19 heavy (non-hydrogen) atoms. The number of aryl methyl sites for hydroxylation is 1. The van der Waals surface area contributed by atoms with Gasteiger partial charge in [-0.2, -0.15) is 4.68 Å². The zero-order valence-corrected chi connectivity index (χ0v) is 10.5. The zero-order chi connectivity index (χ0) is 13.2. The summed E-state index contributed by atoms with van der Waals surface area (Å²) in [4.78, 5) is 14.7. The molecule has 3 aromatic rings. The smallest absolute Gasteiger partial charge is 0.288 e. The Labute approximate surface area is 110 Å². The van der Waals surface area contributed by atoms with E-state index in [4.69, 9.17) is 0 Å². The van der Waals surface area contributed by atoms with Gasteiger partial charge in [0, 0.05) is 5.56 Å². The van der Waals surface area contributed by atoms with Gasteiger partial charge in [0.2, 0.25) is 0 Å². The van der Waals surface area contributed by atoms with Gasteiger partial charge in [-0.3, -0.25) is 4.98 Å². The highest BCUT2D eigenvalue weighted by Crippen LogP contribution is 2.13. The molecule has 4 nitrogen and oxygen atoms in total. The van der Waals surface area contributed by atoms with Crippen LogP contribution in [0.2, 0.25) is 0 Å². The Morgan fingerprint density at radius 3 is 2.58 bits per heavy atom. The van der Waals surface area contributed by atoms with Crippen molar-refractivity contribution in [2.24, 2.45) is 0 Å². The topological polar surface area (TPSA) is 50.7 Å². The summed E-state index contributed by atoms with van der Waals surface area (Å²) in [6.07, 6.45) is 0. The van der Waals surface area contributed by atoms with Crippen LogP contribution in [0.3, 0.4) is 0 Å². The van der Waals surface area contributed by atoms with Crippen molar-refractivity contribution >= 4 is 0 Å². The summed E-state index contributed by atoms with van der Waals surface area (Å²) < 4.78 is 1.38. The van der Waals surface area contributed by atoms with Crippen LogP contribution in [-0.2, 0) is 0 Å². The van der Waals surface area contributed by atoms with Gasteiger partial charge >= 0.3 is 5.69 Å². The monoisotopic (exact) mass is 251 g/mol. The average molecular weight is 251 g/mol. The van der Waals surface area contributed by atoms with E-state index in [1.807, 2.05) is 61.5 Å². The van der Waals surface area contributed by atoms with Crippen LogP contribution in [0.4, 0.5) is 0 Å². The lowest BCUT2D eigenvalue weighted by molar-refractivity contribution is 0.843. The number of benzene rings is 2. The summed E-state index contributed by atoms with van der Waals surface area (Å²) in [6.45, 7) is 1.99. The minimum atomic E-state index is -0.232. The van der Waals surface area contributed by atoms with Crippen LogP contribution in [0.15, 0.2) is 59.4 Å². The van der Waals surface area contributed by atoms with E-state index in [9.17, 15) is 4.79 Å². The summed E-state index contributed by atoms with van der Waals surface area (Å²) in [5.74, 6) is 0.576. The molecule has 0 spiro atoms. The molecule has 0 aliphatic heterocycles. The summed E-state index contributed by atoms with van der Waals surface area (Å²) in [7, 11) is 0. The van der Waals surface area contributed by atoms with Crippen LogP contribution in [0, 0.1) is 6.92 Å². The van der Waals surface area contributed by atoms with Crippen LogP contribution in [0.1, 0.15) is 5.56 Å². The second-order valence-corrected chi connectivity index (χ2v) is 4.40. The van der Waals surface area contributed by atoms with Crippen molar-refractivity contribution in [2.75, 3.05) is 0 Å². The standard InChI is InChI=1S/C15H13N3O/c1-11-6-5-9-13(10-11)18-15(19)16-14(17-18)12-7-3-2-4-8-12/h2-10H,1H3,(H,16,17,19). The van der Waals surface area contributed by atoms with E-state index in [2.05, 4.69) is 10.1 Å². The molecule has 0 fully saturated rings. The Morgan fingerprint density at radius 2 is 1.84 bits per heavy atom. The molecule has 0 saturated heterocycles. The van der Waals surface area contributed by atoms with Crippen LogP contribution < -0.4 is 5.69 Å². The first-order valence-electron chi connectivity index (χ1n) is 6.06. The number of H-pyrrole nitrogens is 1. The third-order valence-corrected chi connectivity index (χ3v) is 2.91. The molecule has 1 heterocycles. The molecule has 0 amide bonds. The normalized spacial score (nSPS) is 10.6. The predicted molar refractivity (Wildman–Crippen MR) is 74.4 cm³/mol. The van der Waals surface area contributed by atoms with E-state index in [-0.39, 0.29) is 5.69 Å². The van der Waals surface area contributed by atoms with Crippen molar-refractivity contribution in [3.63, 3.8) is 0 Å². The lowest BCUT2D eigenvalue weighted by Crippen LogP contribution is -2.15. The maximum absolute atomic E-state index is 12.0. The lowest BCUT2D eigenvalue weighted by Gasteiger charge is -2.00. The van der Waals surface area contributed by atoms with Crippen molar-refractivity contribution < 1.29 is 0 Å². The van der Waals surface area contributed by atoms with Gasteiger partial charge in [0.25, 0.3) is 0 Å². The predicted octanol–water partition coefficient (Wildman–Crippen LogP) is 2.54. The Bertz CT molecular complexity index is 756. The van der Waals surface area contributed by atoms with Gasteiger partial charge in [-0.05, 0) is 24.6 Å². The van der Waals surface area contributed by atoms with Gasteiger partial charge in [0.1, 0.15) is 0 Å². The molecular formula is C15H13N3O. The fourth-order valence-corrected chi connectivity index (χ4v) is 1.99. The van der Waals surface area contributed by atoms with E-state index in [1.54, 1.807) is 0 Å². The maximum atomic E-state index is 12.0. The summed E-state index contributed by atoms with van der Waals surface area (Å²) >= 11 is 0. The molecule has 0 aliphatic carbocycles. The molecule has 1 aromatic heterocycles. The SMILES string of the molecule is Cc1cccc(-n2nc(-c3ccccc3)[nH]c2=O)c1. The van der Waals surface area contributed by atoms with Crippen LogP contribution in [0.5, 0.6) is 0 Å². The number of rotatable bonds is 2. The van der Waals surface area contributed by atoms with Gasteiger partial charge < -0.3 is 0 Å². The quantitative estimate of drug-likeness (QED) is 0.761. The molecule has 0 bridgehead atoms. The van der Waals surface area contributed by atoms with Gasteiger partial charge in [-0.1, -0.05) is 42.5 Å². The molecular weight excluding hydrogens is 238 g/mol. The molecule has 2 aromatic carbocycles. The van der Waals surface area contributed by atoms with E-state index in [0.717, 1.165) is 16.8 Å². The average Bonchev–Trinajstić information content (AvgIpc) is 2.82. The minimum absolute atomic E-state index is 0.232. The highest BCUT2D eigenvalue weighted by atomic mass is 16.1. The molecule has 3 rings (SSSR count). The highest BCUT2D eigenvalue weighted by molar-refractivity contribution is 5.54. The van der Waals surface area contributed by atoms with E-state index in [1.165, 1.54) is 4.68 Å². The highest BCUT2D eigenvalue weighted by Gasteiger charge is 2.08. The number of hydrogen-bond acceptors (Lipinski definition) is 2. The molecule has 4 heteroatoms. The maximum Gasteiger partial charge on any atom is 0.348 e. The number of aromatic nitrogens is 3. The number of hydrogen-bond donors (Lipinski definition) is 1. The Morgan fingerprint density at radius 1 is 1.05 bits per heavy atom. The van der Waals surface area contributed by atoms with E-state index in [0.29, 0.717) is 5.82 Å². The van der Waals surface area contributed by atoms with Gasteiger partial charge in [-0.25, -0.2) is 4.79 Å². The molecule has 94 valence electrons. The van der Waals surface area contributed by atoms with Crippen molar-refractivity contribution in [1.29, 1.82) is 0 Å². The van der Waals surface area contributed by atoms with Crippen LogP contribution in [-0.4, -0.2) is 14.8 Å². The van der Waals surface area contributed by atoms with Crippen molar-refractivity contribution in [3.05, 3.63) is 70.6 Å². The first kappa shape index (κ1) is 11.5. The van der Waals surface area contributed by atoms with Gasteiger partial charge in [0.05, 0.1) is 5.69 Å². The van der Waals surface area contributed by atoms with E-state index < -0.39 is 0 Å². The molecule has 0 atom stereocenters. The number of aromatic amines is 1. The van der Waals surface area contributed by atoms with Gasteiger partial charge in [0.15, 0.2) is 5.82 Å². The third kappa shape index (κ3) is 2.20. The lowest BCUT2D eigenvalue weighted by atomic mass is 10.2. The van der Waals surface area contributed by atoms with Crippen molar-refractivity contribution in [3.8, 4) is 17.1 Å². The van der Waals surface area contributed by atoms with Gasteiger partial charge in [-0.15, -0.1) is 5.10 Å². The fourth-order valence-electron chi connectivity index (χ4n) is 1.99. The van der Waals surface area contributed by atoms with Crippen LogP contribution in [0.25, 0.3) is 17.1 Å². The molecule has 0 radical (unpaired) electrons. The molecule has 0 unspecified atom stereocenters. The Kier molecular flexibility index (Phi) is 2.76. The Balaban J connectivity index is 2.10. The second kappa shape index (κ2) is 4.57. The minimum Gasteiger partial charge on any atom is -0.288 e. The third-order valence-electron chi connectivity index (χ3n) is 2.91. The molecule has 1 N–H and O–H groups in total. The molecule has 0 saturated carbocycles. The largest absolute Gasteiger partial charge is 0.348 e. The summed E-state index contributed by atoms with van der Waals surface area (Å²) in [5, 5.41) is 4.34. The number of nitrogens with one attached hydrogen (secondary N) is 1. The van der Waals surface area contributed by atoms with E-state index >= 15 is 0 Å². The van der Waals surface area contributed by atoms with Crippen molar-refractivity contribution in [2.45, 2.75) is 6.92 Å². The fraction of sp³-hybridized carbons (Fsp3) is 0.0667. The first-order chi connectivity index (χ1) is 9.24. The second-order valence-electron chi connectivity index (χ2n) is 4.40. The van der Waals surface area contributed by atoms with Crippen LogP contribution >= 0.6 is 0 Å². The Hall–Kier alpha value is -2.62. The van der Waals surface area contributed by atoms with Crippen molar-refractivity contribution in [1.82, 2.24) is 14.8 Å². The first-order valence-corrected chi connectivity index (χ1v) is 6.06. The molecule has 0 aliphatic rings.